The fourth-order valence-corrected chi connectivity index (χ4v) is 2.31. The molecule has 0 bridgehead atoms. The first-order valence-electron chi connectivity index (χ1n) is 5.79. The largest absolute Gasteiger partial charge is 0.480 e. The van der Waals surface area contributed by atoms with Gasteiger partial charge in [-0.15, -0.1) is 23.7 Å². The molecule has 3 N–H and O–H groups in total. The lowest BCUT2D eigenvalue weighted by Crippen LogP contribution is -2.42. The summed E-state index contributed by atoms with van der Waals surface area (Å²) in [6.45, 7) is 0. The van der Waals surface area contributed by atoms with Crippen LogP contribution in [-0.4, -0.2) is 28.1 Å². The number of thiazole rings is 1. The van der Waals surface area contributed by atoms with Gasteiger partial charge in [0.15, 0.2) is 5.13 Å². The zero-order valence-corrected chi connectivity index (χ0v) is 10.9. The van der Waals surface area contributed by atoms with Crippen molar-refractivity contribution < 1.29 is 14.7 Å². The highest BCUT2D eigenvalue weighted by atomic mass is 32.1. The minimum absolute atomic E-state index is 0.0616. The smallest absolute Gasteiger partial charge is 0.327 e. The van der Waals surface area contributed by atoms with Gasteiger partial charge in [0.1, 0.15) is 6.04 Å². The van der Waals surface area contributed by atoms with Crippen molar-refractivity contribution in [2.75, 3.05) is 5.32 Å². The van der Waals surface area contributed by atoms with E-state index in [2.05, 4.69) is 21.5 Å². The van der Waals surface area contributed by atoms with E-state index >= 15 is 0 Å². The molecular formula is C12H13N3O3S. The van der Waals surface area contributed by atoms with E-state index in [1.807, 2.05) is 5.38 Å². The number of carboxylic acid groups (broad SMARTS) is 1. The summed E-state index contributed by atoms with van der Waals surface area (Å²) >= 11 is 1.32. The molecule has 1 aromatic rings. The molecule has 1 fully saturated rings. The molecule has 7 heteroatoms. The normalized spacial score (nSPS) is 15.3. The molecular weight excluding hydrogens is 266 g/mol. The van der Waals surface area contributed by atoms with Crippen molar-refractivity contribution >= 4 is 28.5 Å². The molecule has 0 saturated heterocycles. The maximum absolute atomic E-state index is 11.6. The Morgan fingerprint density at radius 2 is 2.37 bits per heavy atom. The summed E-state index contributed by atoms with van der Waals surface area (Å²) in [5, 5.41) is 16.0. The molecule has 0 radical (unpaired) electrons. The van der Waals surface area contributed by atoms with Crippen molar-refractivity contribution in [1.82, 2.24) is 10.3 Å². The first-order valence-corrected chi connectivity index (χ1v) is 6.67. The van der Waals surface area contributed by atoms with Crippen LogP contribution in [0.5, 0.6) is 0 Å². The van der Waals surface area contributed by atoms with Crippen molar-refractivity contribution in [2.24, 2.45) is 0 Å². The molecule has 1 aliphatic carbocycles. The van der Waals surface area contributed by atoms with Crippen molar-refractivity contribution in [2.45, 2.75) is 31.2 Å². The van der Waals surface area contributed by atoms with E-state index in [0.717, 1.165) is 18.5 Å². The molecule has 1 unspecified atom stereocenters. The molecule has 0 aromatic carbocycles. The maximum Gasteiger partial charge on any atom is 0.327 e. The minimum atomic E-state index is -1.16. The predicted molar refractivity (Wildman–Crippen MR) is 71.1 cm³/mol. The Hall–Kier alpha value is -2.07. The van der Waals surface area contributed by atoms with Crippen molar-refractivity contribution in [3.05, 3.63) is 11.1 Å². The van der Waals surface area contributed by atoms with E-state index in [9.17, 15) is 9.59 Å². The summed E-state index contributed by atoms with van der Waals surface area (Å²) < 4.78 is 0. The number of terminal acetylenes is 1. The van der Waals surface area contributed by atoms with Crippen LogP contribution in [0.1, 0.15) is 30.9 Å². The Balaban J connectivity index is 1.88. The second-order valence-corrected chi connectivity index (χ2v) is 5.11. The van der Waals surface area contributed by atoms with Crippen LogP contribution in [0.2, 0.25) is 0 Å². The number of urea groups is 1. The second kappa shape index (κ2) is 5.71. The number of nitrogens with zero attached hydrogens (tertiary/aromatic N) is 1. The van der Waals surface area contributed by atoms with Crippen LogP contribution in [0, 0.1) is 12.3 Å². The van der Waals surface area contributed by atoms with Crippen molar-refractivity contribution in [1.29, 1.82) is 0 Å². The fraction of sp³-hybridized carbons (Fsp3) is 0.417. The van der Waals surface area contributed by atoms with Crippen LogP contribution in [-0.2, 0) is 4.79 Å². The Morgan fingerprint density at radius 1 is 1.63 bits per heavy atom. The van der Waals surface area contributed by atoms with Gasteiger partial charge in [-0.25, -0.2) is 14.6 Å². The molecule has 1 saturated carbocycles. The minimum Gasteiger partial charge on any atom is -0.480 e. The predicted octanol–water partition coefficient (Wildman–Crippen LogP) is 1.62. The highest BCUT2D eigenvalue weighted by molar-refractivity contribution is 7.13. The summed E-state index contributed by atoms with van der Waals surface area (Å²) in [5.74, 6) is 1.56. The summed E-state index contributed by atoms with van der Waals surface area (Å²) in [5.41, 5.74) is 0.985. The molecule has 1 heterocycles. The number of rotatable bonds is 5. The van der Waals surface area contributed by atoms with Crippen LogP contribution in [0.4, 0.5) is 9.93 Å². The quantitative estimate of drug-likeness (QED) is 0.714. The van der Waals surface area contributed by atoms with E-state index in [0.29, 0.717) is 11.0 Å². The van der Waals surface area contributed by atoms with E-state index in [4.69, 9.17) is 11.5 Å². The van der Waals surface area contributed by atoms with Crippen LogP contribution in [0.15, 0.2) is 5.38 Å². The van der Waals surface area contributed by atoms with Gasteiger partial charge in [0.2, 0.25) is 0 Å². The third-order valence-electron chi connectivity index (χ3n) is 2.66. The monoisotopic (exact) mass is 279 g/mol. The average molecular weight is 279 g/mol. The molecule has 100 valence electrons. The van der Waals surface area contributed by atoms with E-state index in [1.165, 1.54) is 11.3 Å². The van der Waals surface area contributed by atoms with Crippen LogP contribution >= 0.6 is 11.3 Å². The van der Waals surface area contributed by atoms with Crippen LogP contribution < -0.4 is 10.6 Å². The number of hydrogen-bond donors (Lipinski definition) is 3. The SMILES string of the molecule is C#CCC(NC(=O)Nc1nc(C2CC2)cs1)C(=O)O. The van der Waals surface area contributed by atoms with Crippen LogP contribution in [0.3, 0.4) is 0 Å². The van der Waals surface area contributed by atoms with Gasteiger partial charge >= 0.3 is 12.0 Å². The van der Waals surface area contributed by atoms with Gasteiger partial charge in [0, 0.05) is 17.7 Å². The standard InChI is InChI=1S/C12H13N3O3S/c1-2-3-8(10(16)17)13-11(18)15-12-14-9(6-19-12)7-4-5-7/h1,6-8H,3-5H2,(H,16,17)(H2,13,14,15,18). The number of carbonyl (C=O) groups is 2. The van der Waals surface area contributed by atoms with E-state index in [1.54, 1.807) is 0 Å². The van der Waals surface area contributed by atoms with Crippen molar-refractivity contribution in [3.8, 4) is 12.3 Å². The number of hydrogen-bond acceptors (Lipinski definition) is 4. The van der Waals surface area contributed by atoms with Gasteiger partial charge in [-0.1, -0.05) is 0 Å². The van der Waals surface area contributed by atoms with Gasteiger partial charge < -0.3 is 10.4 Å². The number of carboxylic acids is 1. The van der Waals surface area contributed by atoms with Gasteiger partial charge in [0.25, 0.3) is 0 Å². The van der Waals surface area contributed by atoms with E-state index < -0.39 is 18.0 Å². The number of anilines is 1. The maximum atomic E-state index is 11.6. The summed E-state index contributed by atoms with van der Waals surface area (Å²) in [6, 6.07) is -1.70. The lowest BCUT2D eigenvalue weighted by Gasteiger charge is -2.11. The molecule has 1 atom stereocenters. The second-order valence-electron chi connectivity index (χ2n) is 4.25. The molecule has 1 aliphatic rings. The van der Waals surface area contributed by atoms with Gasteiger partial charge in [-0.3, -0.25) is 5.32 Å². The Morgan fingerprint density at radius 3 is 2.95 bits per heavy atom. The third-order valence-corrected chi connectivity index (χ3v) is 3.44. The summed E-state index contributed by atoms with van der Waals surface area (Å²) in [7, 11) is 0. The number of nitrogens with one attached hydrogen (secondary N) is 2. The first kappa shape index (κ1) is 13.4. The highest BCUT2D eigenvalue weighted by Gasteiger charge is 2.26. The lowest BCUT2D eigenvalue weighted by molar-refractivity contribution is -0.139. The summed E-state index contributed by atoms with van der Waals surface area (Å²) in [6.07, 6.45) is 7.26. The molecule has 1 aromatic heterocycles. The molecule has 19 heavy (non-hydrogen) atoms. The average Bonchev–Trinajstić information content (AvgIpc) is 3.10. The number of amides is 2. The van der Waals surface area contributed by atoms with Crippen molar-refractivity contribution in [3.63, 3.8) is 0 Å². The van der Waals surface area contributed by atoms with Crippen LogP contribution in [0.25, 0.3) is 0 Å². The Bertz CT molecular complexity index is 531. The van der Waals surface area contributed by atoms with Gasteiger partial charge in [0.05, 0.1) is 5.69 Å². The Labute approximate surface area is 114 Å². The first-order chi connectivity index (χ1) is 9.10. The topological polar surface area (TPSA) is 91.3 Å². The molecule has 0 spiro atoms. The number of aliphatic carboxylic acids is 1. The van der Waals surface area contributed by atoms with Gasteiger partial charge in [-0.05, 0) is 12.8 Å². The zero-order valence-electron chi connectivity index (χ0n) is 10.0. The molecule has 0 aliphatic heterocycles. The molecule has 2 rings (SSSR count). The Kier molecular flexibility index (Phi) is 4.02. The summed E-state index contributed by atoms with van der Waals surface area (Å²) in [4.78, 5) is 26.7. The van der Waals surface area contributed by atoms with Gasteiger partial charge in [-0.2, -0.15) is 0 Å². The zero-order chi connectivity index (χ0) is 13.8. The third kappa shape index (κ3) is 3.69. The lowest BCUT2D eigenvalue weighted by atomic mass is 10.2. The fourth-order valence-electron chi connectivity index (χ4n) is 1.52. The number of aromatic nitrogens is 1. The highest BCUT2D eigenvalue weighted by Crippen LogP contribution is 2.40. The molecule has 6 nitrogen and oxygen atoms in total. The molecule has 2 amide bonds. The van der Waals surface area contributed by atoms with E-state index in [-0.39, 0.29) is 6.42 Å². The number of carbonyl (C=O) groups excluding carboxylic acids is 1.